The molecule has 1 heterocycles. The highest BCUT2D eigenvalue weighted by Crippen LogP contribution is 2.29. The van der Waals surface area contributed by atoms with E-state index in [1.54, 1.807) is 0 Å². The molecule has 100 valence electrons. The predicted molar refractivity (Wildman–Crippen MR) is 56.5 cm³/mol. The molecule has 0 bridgehead atoms. The Balaban J connectivity index is 3.60. The zero-order valence-electron chi connectivity index (χ0n) is 9.59. The first-order valence-corrected chi connectivity index (χ1v) is 4.96. The van der Waals surface area contributed by atoms with Crippen molar-refractivity contribution in [3.05, 3.63) is 33.0 Å². The lowest BCUT2D eigenvalue weighted by molar-refractivity contribution is -0.389. The molecule has 19 heavy (non-hydrogen) atoms. The van der Waals surface area contributed by atoms with Crippen LogP contribution in [0.15, 0.2) is 6.20 Å². The van der Waals surface area contributed by atoms with E-state index in [2.05, 4.69) is 9.72 Å². The van der Waals surface area contributed by atoms with E-state index in [4.69, 9.17) is 5.26 Å². The number of hydrogen-bond acceptors (Lipinski definition) is 6. The maximum Gasteiger partial charge on any atom is 0.382 e. The number of nitro groups is 1. The third-order valence-corrected chi connectivity index (χ3v) is 2.09. The Morgan fingerprint density at radius 2 is 2.32 bits per heavy atom. The first kappa shape index (κ1) is 14.4. The minimum absolute atomic E-state index is 0.123. The molecule has 0 aliphatic rings. The Morgan fingerprint density at radius 1 is 1.68 bits per heavy atom. The number of ether oxygens (including phenoxy) is 1. The largest absolute Gasteiger partial charge is 0.462 e. The number of pyridine rings is 1. The Labute approximate surface area is 105 Å². The number of carbonyl (C=O) groups is 1. The summed E-state index contributed by atoms with van der Waals surface area (Å²) in [5.41, 5.74) is -2.53. The first-order chi connectivity index (χ1) is 8.93. The fraction of sp³-hybridized carbons (Fsp3) is 0.300. The van der Waals surface area contributed by atoms with Gasteiger partial charge in [-0.2, -0.15) is 5.26 Å². The molecule has 1 aromatic rings. The molecule has 0 N–H and O–H groups in total. The molecule has 0 aromatic carbocycles. The average Bonchev–Trinajstić information content (AvgIpc) is 2.36. The Morgan fingerprint density at radius 3 is 2.74 bits per heavy atom. The van der Waals surface area contributed by atoms with Crippen LogP contribution in [0, 0.1) is 21.4 Å². The van der Waals surface area contributed by atoms with Gasteiger partial charge >= 0.3 is 11.8 Å². The normalized spacial score (nSPS) is 10.1. The van der Waals surface area contributed by atoms with E-state index >= 15 is 0 Å². The summed E-state index contributed by atoms with van der Waals surface area (Å²) in [6, 6.07) is 1.34. The maximum atomic E-state index is 12.8. The predicted octanol–water partition coefficient (Wildman–Crippen LogP) is 1.98. The number of hydrogen-bond donors (Lipinski definition) is 0. The van der Waals surface area contributed by atoms with Gasteiger partial charge in [-0.3, -0.25) is 0 Å². The van der Waals surface area contributed by atoms with E-state index in [0.717, 1.165) is 0 Å². The summed E-state index contributed by atoms with van der Waals surface area (Å²) >= 11 is 0. The van der Waals surface area contributed by atoms with Gasteiger partial charge in [0.25, 0.3) is 6.43 Å². The van der Waals surface area contributed by atoms with Crippen LogP contribution < -0.4 is 0 Å². The van der Waals surface area contributed by atoms with Gasteiger partial charge in [0.2, 0.25) is 0 Å². The zero-order chi connectivity index (χ0) is 14.6. The fourth-order valence-electron chi connectivity index (χ4n) is 1.35. The lowest BCUT2D eigenvalue weighted by Gasteiger charge is -2.08. The molecular weight excluding hydrogens is 264 g/mol. The van der Waals surface area contributed by atoms with Crippen molar-refractivity contribution in [3.8, 4) is 6.07 Å². The Hall–Kier alpha value is -2.63. The van der Waals surface area contributed by atoms with Crippen LogP contribution in [0.3, 0.4) is 0 Å². The summed E-state index contributed by atoms with van der Waals surface area (Å²) in [7, 11) is 0. The number of aromatic nitrogens is 1. The molecule has 0 atom stereocenters. The van der Waals surface area contributed by atoms with Gasteiger partial charge in [-0.05, 0) is 16.8 Å². The highest BCUT2D eigenvalue weighted by Gasteiger charge is 2.31. The summed E-state index contributed by atoms with van der Waals surface area (Å²) in [5.74, 6) is -2.19. The third-order valence-electron chi connectivity index (χ3n) is 2.09. The van der Waals surface area contributed by atoms with E-state index in [0.29, 0.717) is 6.20 Å². The third kappa shape index (κ3) is 2.79. The van der Waals surface area contributed by atoms with Crippen molar-refractivity contribution in [3.63, 3.8) is 0 Å². The standard InChI is InChI=1S/C10H7F2N3O4/c1-2-19-10(16)7-5(3-13)9(15(17)18)14-4-6(7)8(11)12/h4,8H,2H2,1H3. The molecular formula is C10H7F2N3O4. The lowest BCUT2D eigenvalue weighted by Crippen LogP contribution is -2.13. The molecule has 7 nitrogen and oxygen atoms in total. The van der Waals surface area contributed by atoms with E-state index in [1.807, 2.05) is 0 Å². The van der Waals surface area contributed by atoms with Crippen LogP contribution in [0.1, 0.15) is 34.8 Å². The number of carbonyl (C=O) groups excluding carboxylic acids is 1. The van der Waals surface area contributed by atoms with Gasteiger partial charge in [-0.25, -0.2) is 13.6 Å². The van der Waals surface area contributed by atoms with Crippen molar-refractivity contribution in [2.24, 2.45) is 0 Å². The summed E-state index contributed by atoms with van der Waals surface area (Å²) in [5, 5.41) is 19.5. The molecule has 1 aromatic heterocycles. The van der Waals surface area contributed by atoms with E-state index in [-0.39, 0.29) is 6.61 Å². The molecule has 0 fully saturated rings. The second-order valence-electron chi connectivity index (χ2n) is 3.18. The van der Waals surface area contributed by atoms with Gasteiger partial charge in [0.1, 0.15) is 12.3 Å². The van der Waals surface area contributed by atoms with Crippen molar-refractivity contribution < 1.29 is 23.2 Å². The number of alkyl halides is 2. The fourth-order valence-corrected chi connectivity index (χ4v) is 1.35. The highest BCUT2D eigenvalue weighted by molar-refractivity contribution is 5.95. The second-order valence-corrected chi connectivity index (χ2v) is 3.18. The molecule has 9 heteroatoms. The Bertz CT molecular complexity index is 569. The molecule has 0 saturated heterocycles. The van der Waals surface area contributed by atoms with Crippen LogP contribution in [0.25, 0.3) is 0 Å². The number of halogens is 2. The smallest absolute Gasteiger partial charge is 0.382 e. The zero-order valence-corrected chi connectivity index (χ0v) is 9.59. The van der Waals surface area contributed by atoms with Crippen LogP contribution in [0.5, 0.6) is 0 Å². The highest BCUT2D eigenvalue weighted by atomic mass is 19.3. The van der Waals surface area contributed by atoms with E-state index < -0.39 is 39.8 Å². The van der Waals surface area contributed by atoms with Gasteiger partial charge in [0, 0.05) is 0 Å². The van der Waals surface area contributed by atoms with Gasteiger partial charge < -0.3 is 14.9 Å². The minimum atomic E-state index is -3.11. The molecule has 1 rings (SSSR count). The van der Waals surface area contributed by atoms with Gasteiger partial charge in [-0.1, -0.05) is 0 Å². The average molecular weight is 271 g/mol. The number of esters is 1. The number of rotatable bonds is 4. The van der Waals surface area contributed by atoms with Crippen molar-refractivity contribution in [1.82, 2.24) is 4.98 Å². The summed E-state index contributed by atoms with van der Waals surface area (Å²) in [6.45, 7) is 1.31. The second kappa shape index (κ2) is 5.81. The van der Waals surface area contributed by atoms with Crippen molar-refractivity contribution in [2.45, 2.75) is 13.3 Å². The maximum absolute atomic E-state index is 12.8. The molecule has 0 unspecified atom stereocenters. The lowest BCUT2D eigenvalue weighted by atomic mass is 10.0. The van der Waals surface area contributed by atoms with Crippen LogP contribution >= 0.6 is 0 Å². The minimum Gasteiger partial charge on any atom is -0.462 e. The molecule has 0 saturated carbocycles. The molecule has 0 radical (unpaired) electrons. The summed E-state index contributed by atoms with van der Waals surface area (Å²) in [6.07, 6.45) is -2.62. The molecule has 0 amide bonds. The van der Waals surface area contributed by atoms with E-state index in [1.165, 1.54) is 13.0 Å². The van der Waals surface area contributed by atoms with Crippen LogP contribution in [-0.4, -0.2) is 22.5 Å². The number of nitrogens with zero attached hydrogens (tertiary/aromatic N) is 3. The van der Waals surface area contributed by atoms with Gasteiger partial charge in [0.05, 0.1) is 17.7 Å². The van der Waals surface area contributed by atoms with Crippen molar-refractivity contribution in [1.29, 1.82) is 5.26 Å². The van der Waals surface area contributed by atoms with Crippen LogP contribution in [0.2, 0.25) is 0 Å². The van der Waals surface area contributed by atoms with Gasteiger partial charge in [-0.15, -0.1) is 0 Å². The van der Waals surface area contributed by atoms with Gasteiger partial charge in [0.15, 0.2) is 5.56 Å². The Kier molecular flexibility index (Phi) is 4.41. The molecule has 0 spiro atoms. The molecule has 0 aliphatic heterocycles. The van der Waals surface area contributed by atoms with Crippen LogP contribution in [-0.2, 0) is 4.74 Å². The summed E-state index contributed by atoms with van der Waals surface area (Å²) in [4.78, 5) is 24.3. The van der Waals surface area contributed by atoms with E-state index in [9.17, 15) is 23.7 Å². The first-order valence-electron chi connectivity index (χ1n) is 4.96. The summed E-state index contributed by atoms with van der Waals surface area (Å²) < 4.78 is 30.0. The molecule has 0 aliphatic carbocycles. The monoisotopic (exact) mass is 271 g/mol. The topological polar surface area (TPSA) is 106 Å². The SMILES string of the molecule is CCOC(=O)c1c(C(F)F)cnc([N+](=O)[O-])c1C#N. The quantitative estimate of drug-likeness (QED) is 0.470. The number of nitriles is 1. The van der Waals surface area contributed by atoms with Crippen molar-refractivity contribution >= 4 is 11.8 Å². The van der Waals surface area contributed by atoms with Crippen molar-refractivity contribution in [2.75, 3.05) is 6.61 Å². The van der Waals surface area contributed by atoms with Crippen LogP contribution in [0.4, 0.5) is 14.6 Å².